The van der Waals surface area contributed by atoms with Gasteiger partial charge in [0.05, 0.1) is 11.1 Å². The molecule has 0 saturated carbocycles. The number of hydrogen-bond donors (Lipinski definition) is 3. The smallest absolute Gasteiger partial charge is 0.262 e. The van der Waals surface area contributed by atoms with E-state index < -0.39 is 23.8 Å². The lowest BCUT2D eigenvalue weighted by Crippen LogP contribution is -2.54. The van der Waals surface area contributed by atoms with Crippen molar-refractivity contribution in [2.75, 3.05) is 37.6 Å². The SMILES string of the molecule is O=C1CCC(N2C(=O)c3ccc(N4CCCC(NCC5CNC5)C4)cc3C2=O)C(=O)N1. The molecule has 9 nitrogen and oxygen atoms in total. The van der Waals surface area contributed by atoms with Crippen molar-refractivity contribution < 1.29 is 19.2 Å². The van der Waals surface area contributed by atoms with Crippen LogP contribution in [-0.4, -0.2) is 73.3 Å². The maximum Gasteiger partial charge on any atom is 0.262 e. The molecule has 5 rings (SSSR count). The lowest BCUT2D eigenvalue weighted by molar-refractivity contribution is -0.136. The van der Waals surface area contributed by atoms with E-state index in [0.717, 1.165) is 56.2 Å². The van der Waals surface area contributed by atoms with Crippen LogP contribution in [0.25, 0.3) is 0 Å². The van der Waals surface area contributed by atoms with Crippen LogP contribution in [0.3, 0.4) is 0 Å². The van der Waals surface area contributed by atoms with Gasteiger partial charge in [0, 0.05) is 50.9 Å². The Bertz CT molecular complexity index is 944. The summed E-state index contributed by atoms with van der Waals surface area (Å²) < 4.78 is 0. The minimum absolute atomic E-state index is 0.119. The Morgan fingerprint density at radius 1 is 1.03 bits per heavy atom. The number of piperidine rings is 2. The largest absolute Gasteiger partial charge is 0.370 e. The number of hydrogen-bond acceptors (Lipinski definition) is 7. The Morgan fingerprint density at radius 2 is 1.84 bits per heavy atom. The third-order valence-corrected chi connectivity index (χ3v) is 6.77. The molecular formula is C22H27N5O4. The molecule has 4 aliphatic rings. The lowest BCUT2D eigenvalue weighted by Gasteiger charge is -2.37. The summed E-state index contributed by atoms with van der Waals surface area (Å²) in [5.41, 5.74) is 1.58. The minimum atomic E-state index is -0.932. The van der Waals surface area contributed by atoms with Crippen LogP contribution in [-0.2, 0) is 9.59 Å². The number of carbonyl (C=O) groups excluding carboxylic acids is 4. The number of imide groups is 2. The van der Waals surface area contributed by atoms with Crippen molar-refractivity contribution in [3.8, 4) is 0 Å². The van der Waals surface area contributed by atoms with Gasteiger partial charge < -0.3 is 15.5 Å². The van der Waals surface area contributed by atoms with Crippen LogP contribution < -0.4 is 20.9 Å². The molecule has 0 radical (unpaired) electrons. The second kappa shape index (κ2) is 8.05. The van der Waals surface area contributed by atoms with E-state index in [1.54, 1.807) is 12.1 Å². The summed E-state index contributed by atoms with van der Waals surface area (Å²) in [5.74, 6) is -1.18. The lowest BCUT2D eigenvalue weighted by atomic mass is 10.00. The highest BCUT2D eigenvalue weighted by Crippen LogP contribution is 2.31. The van der Waals surface area contributed by atoms with Crippen molar-refractivity contribution in [3.63, 3.8) is 0 Å². The zero-order valence-corrected chi connectivity index (χ0v) is 17.4. The molecule has 0 aromatic heterocycles. The topological polar surface area (TPSA) is 111 Å². The molecule has 3 N–H and O–H groups in total. The number of nitrogens with zero attached hydrogens (tertiary/aromatic N) is 2. The van der Waals surface area contributed by atoms with Crippen LogP contribution in [0, 0.1) is 5.92 Å². The molecule has 164 valence electrons. The standard InChI is InChI=1S/C22H27N5O4/c28-19-6-5-18(20(29)25-19)27-21(30)16-4-3-15(8-17(16)22(27)31)26-7-1-2-14(12-26)24-11-13-9-23-10-13/h3-4,8,13-14,18,23-24H,1-2,5-7,9-12H2,(H,25,28,29). The molecule has 2 unspecified atom stereocenters. The molecular weight excluding hydrogens is 398 g/mol. The monoisotopic (exact) mass is 425 g/mol. The predicted molar refractivity (Wildman–Crippen MR) is 113 cm³/mol. The second-order valence-corrected chi connectivity index (χ2v) is 8.89. The fraction of sp³-hybridized carbons (Fsp3) is 0.545. The number of amides is 4. The van der Waals surface area contributed by atoms with E-state index in [4.69, 9.17) is 0 Å². The zero-order valence-electron chi connectivity index (χ0n) is 17.4. The molecule has 0 aliphatic carbocycles. The van der Waals surface area contributed by atoms with Gasteiger partial charge in [-0.1, -0.05) is 0 Å². The highest BCUT2D eigenvalue weighted by atomic mass is 16.2. The van der Waals surface area contributed by atoms with E-state index in [9.17, 15) is 19.2 Å². The summed E-state index contributed by atoms with van der Waals surface area (Å²) in [6.07, 6.45) is 2.47. The van der Waals surface area contributed by atoms with Crippen LogP contribution >= 0.6 is 0 Å². The van der Waals surface area contributed by atoms with E-state index in [2.05, 4.69) is 20.9 Å². The Morgan fingerprint density at radius 3 is 2.58 bits per heavy atom. The van der Waals surface area contributed by atoms with Gasteiger partial charge in [0.2, 0.25) is 11.8 Å². The third-order valence-electron chi connectivity index (χ3n) is 6.77. The molecule has 1 aromatic carbocycles. The van der Waals surface area contributed by atoms with Crippen LogP contribution in [0.4, 0.5) is 5.69 Å². The van der Waals surface area contributed by atoms with Gasteiger partial charge in [-0.2, -0.15) is 0 Å². The van der Waals surface area contributed by atoms with E-state index in [-0.39, 0.29) is 18.7 Å². The van der Waals surface area contributed by atoms with Gasteiger partial charge >= 0.3 is 0 Å². The Labute approximate surface area is 180 Å². The molecule has 4 aliphatic heterocycles. The number of benzene rings is 1. The quantitative estimate of drug-likeness (QED) is 0.564. The number of nitrogens with one attached hydrogen (secondary N) is 3. The molecule has 31 heavy (non-hydrogen) atoms. The maximum atomic E-state index is 13.1. The highest BCUT2D eigenvalue weighted by Gasteiger charge is 2.44. The number of anilines is 1. The minimum Gasteiger partial charge on any atom is -0.370 e. The van der Waals surface area contributed by atoms with Crippen molar-refractivity contribution in [2.24, 2.45) is 5.92 Å². The zero-order chi connectivity index (χ0) is 21.5. The average molecular weight is 425 g/mol. The molecule has 3 fully saturated rings. The molecule has 0 spiro atoms. The number of carbonyl (C=O) groups is 4. The van der Waals surface area contributed by atoms with Crippen molar-refractivity contribution >= 4 is 29.3 Å². The van der Waals surface area contributed by atoms with Crippen molar-refractivity contribution in [2.45, 2.75) is 37.8 Å². The Hall–Kier alpha value is -2.78. The fourth-order valence-electron chi connectivity index (χ4n) is 4.86. The summed E-state index contributed by atoms with van der Waals surface area (Å²) in [6, 6.07) is 4.82. The predicted octanol–water partition coefficient (Wildman–Crippen LogP) is -0.134. The maximum absolute atomic E-state index is 13.1. The van der Waals surface area contributed by atoms with Crippen LogP contribution in [0.2, 0.25) is 0 Å². The average Bonchev–Trinajstić information content (AvgIpc) is 2.97. The summed E-state index contributed by atoms with van der Waals surface area (Å²) >= 11 is 0. The highest BCUT2D eigenvalue weighted by molar-refractivity contribution is 6.23. The van der Waals surface area contributed by atoms with Crippen LogP contribution in [0.1, 0.15) is 46.4 Å². The van der Waals surface area contributed by atoms with Crippen molar-refractivity contribution in [1.82, 2.24) is 20.9 Å². The van der Waals surface area contributed by atoms with Gasteiger partial charge in [0.15, 0.2) is 0 Å². The first-order valence-corrected chi connectivity index (χ1v) is 11.1. The first kappa shape index (κ1) is 20.1. The van der Waals surface area contributed by atoms with E-state index in [0.29, 0.717) is 23.1 Å². The van der Waals surface area contributed by atoms with Gasteiger partial charge in [-0.15, -0.1) is 0 Å². The van der Waals surface area contributed by atoms with Crippen molar-refractivity contribution in [3.05, 3.63) is 29.3 Å². The molecule has 4 heterocycles. The first-order chi connectivity index (χ1) is 15.0. The molecule has 2 atom stereocenters. The normalized spacial score (nSPS) is 26.7. The van der Waals surface area contributed by atoms with Gasteiger partial charge in [-0.25, -0.2) is 0 Å². The summed E-state index contributed by atoms with van der Waals surface area (Å²) in [7, 11) is 0. The number of fused-ring (bicyclic) bond motifs is 1. The van der Waals surface area contributed by atoms with Gasteiger partial charge in [-0.3, -0.25) is 29.4 Å². The number of rotatable bonds is 5. The molecule has 4 amide bonds. The van der Waals surface area contributed by atoms with Gasteiger partial charge in [-0.05, 0) is 43.4 Å². The molecule has 9 heteroatoms. The third kappa shape index (κ3) is 3.72. The summed E-state index contributed by atoms with van der Waals surface area (Å²) in [6.45, 7) is 4.94. The fourth-order valence-corrected chi connectivity index (χ4v) is 4.86. The second-order valence-electron chi connectivity index (χ2n) is 8.89. The Kier molecular flexibility index (Phi) is 5.23. The van der Waals surface area contributed by atoms with Crippen LogP contribution in [0.5, 0.6) is 0 Å². The van der Waals surface area contributed by atoms with E-state index in [1.165, 1.54) is 0 Å². The first-order valence-electron chi connectivity index (χ1n) is 11.1. The van der Waals surface area contributed by atoms with Gasteiger partial charge in [0.1, 0.15) is 6.04 Å². The van der Waals surface area contributed by atoms with Gasteiger partial charge in [0.25, 0.3) is 11.8 Å². The van der Waals surface area contributed by atoms with E-state index in [1.807, 2.05) is 6.07 Å². The molecule has 0 bridgehead atoms. The molecule has 3 saturated heterocycles. The Balaban J connectivity index is 1.30. The van der Waals surface area contributed by atoms with E-state index >= 15 is 0 Å². The summed E-state index contributed by atoms with van der Waals surface area (Å²) in [5, 5.41) is 9.19. The molecule has 1 aromatic rings. The van der Waals surface area contributed by atoms with Crippen molar-refractivity contribution in [1.29, 1.82) is 0 Å². The van der Waals surface area contributed by atoms with Crippen LogP contribution in [0.15, 0.2) is 18.2 Å². The summed E-state index contributed by atoms with van der Waals surface area (Å²) in [4.78, 5) is 52.8.